The van der Waals surface area contributed by atoms with Crippen molar-refractivity contribution in [1.82, 2.24) is 0 Å². The number of para-hydroxylation sites is 2. The van der Waals surface area contributed by atoms with Gasteiger partial charge in [0.2, 0.25) is 19.8 Å². The number of hydrogen-bond acceptors (Lipinski definition) is 8. The lowest BCUT2D eigenvalue weighted by Crippen LogP contribution is -2.16. The first-order chi connectivity index (χ1) is 18.9. The van der Waals surface area contributed by atoms with Crippen LogP contribution in [0, 0.1) is 0 Å². The highest BCUT2D eigenvalue weighted by atomic mass is 32.4. The predicted octanol–water partition coefficient (Wildman–Crippen LogP) is 8.98. The van der Waals surface area contributed by atoms with Crippen molar-refractivity contribution >= 4 is 91.3 Å². The van der Waals surface area contributed by atoms with Gasteiger partial charge in [0.1, 0.15) is 19.6 Å². The molecule has 0 bridgehead atoms. The average molecular weight is 624 g/mol. The van der Waals surface area contributed by atoms with Crippen molar-refractivity contribution in [1.29, 1.82) is 2.86 Å². The molecule has 0 saturated heterocycles. The monoisotopic (exact) mass is 623 g/mol. The van der Waals surface area contributed by atoms with Crippen LogP contribution in [0.4, 0.5) is 0 Å². The summed E-state index contributed by atoms with van der Waals surface area (Å²) in [5.74, 6) is 0.923. The Labute approximate surface area is 236 Å². The standard InChI is InChI=1S/C13H11OPS.C12H8OPS.HO2P.HOPS/c1-15(16)13-9-5-3-7-11(13)10-6-2-4-8-12(10)14-15;15-14-12-8-4-2-6-10(12)9-5-1-3-7-11(9)13-14;1-3-2;1-2-3/h2-9H,1H3;1-8H;(H,1,2);(H,1,3)/q;+1;;/i/hD2. The third-order valence-electron chi connectivity index (χ3n) is 5.25. The van der Waals surface area contributed by atoms with Crippen molar-refractivity contribution in [3.63, 3.8) is 0 Å². The molecular formula is C25H21O5P4S3+. The molecule has 0 radical (unpaired) electrons. The Kier molecular flexibility index (Phi) is 10.4. The third kappa shape index (κ3) is 7.40. The van der Waals surface area contributed by atoms with E-state index >= 15 is 0 Å². The SMILES string of the molecule is CP1(=S)Oc2ccccc2-c2ccccc21.S=[p+]1oc2ccccc2c2ccccc21.[2H]OP=O.[2H]OP=S. The summed E-state index contributed by atoms with van der Waals surface area (Å²) in [4.78, 5) is 6.79. The summed E-state index contributed by atoms with van der Waals surface area (Å²) in [6.07, 6.45) is -1.88. The molecule has 0 fully saturated rings. The van der Waals surface area contributed by atoms with Crippen LogP contribution in [-0.2, 0) is 28.2 Å². The molecule has 1 aliphatic rings. The van der Waals surface area contributed by atoms with Crippen LogP contribution in [0.1, 0.15) is 0 Å². The Bertz CT molecular complexity index is 1700. The van der Waals surface area contributed by atoms with Crippen LogP contribution in [0.2, 0.25) is 0 Å². The Hall–Kier alpha value is -1.81. The van der Waals surface area contributed by atoms with E-state index in [0.29, 0.717) is 0 Å². The zero-order valence-corrected chi connectivity index (χ0v) is 25.3. The largest absolute Gasteiger partial charge is 0.462 e. The maximum atomic E-state index is 8.86. The molecule has 1 aliphatic heterocycles. The van der Waals surface area contributed by atoms with Crippen LogP contribution in [-0.4, -0.2) is 19.3 Å². The summed E-state index contributed by atoms with van der Waals surface area (Å²) in [5.41, 5.74) is 3.30. The van der Waals surface area contributed by atoms with Gasteiger partial charge in [0, 0.05) is 28.3 Å². The zero-order chi connectivity index (χ0) is 28.3. The van der Waals surface area contributed by atoms with E-state index in [1.165, 1.54) is 16.3 Å². The number of rotatable bonds is 2. The van der Waals surface area contributed by atoms with Crippen LogP contribution in [0.5, 0.6) is 5.75 Å². The molecule has 1 aromatic heterocycles. The van der Waals surface area contributed by atoms with Crippen molar-refractivity contribution in [2.75, 3.05) is 6.66 Å². The van der Waals surface area contributed by atoms with E-state index in [2.05, 4.69) is 64.1 Å². The molecular weight excluding hydrogens is 600 g/mol. The highest BCUT2D eigenvalue weighted by Crippen LogP contribution is 2.51. The predicted molar refractivity (Wildman–Crippen MR) is 167 cm³/mol. The summed E-state index contributed by atoms with van der Waals surface area (Å²) in [7, 11) is -0.336. The molecule has 12 heteroatoms. The van der Waals surface area contributed by atoms with Crippen molar-refractivity contribution in [3.8, 4) is 16.9 Å². The molecule has 0 saturated carbocycles. The molecule has 2 atom stereocenters. The Morgan fingerprint density at radius 3 is 2.14 bits per heavy atom. The van der Waals surface area contributed by atoms with Gasteiger partial charge in [-0.3, -0.25) is 4.20 Å². The molecule has 2 heterocycles. The molecule has 2 N–H and O–H groups in total. The molecule has 37 heavy (non-hydrogen) atoms. The van der Waals surface area contributed by atoms with Crippen molar-refractivity contribution in [2.45, 2.75) is 0 Å². The van der Waals surface area contributed by atoms with E-state index in [1.807, 2.05) is 61.3 Å². The van der Waals surface area contributed by atoms with Crippen molar-refractivity contribution in [3.05, 3.63) is 97.1 Å². The van der Waals surface area contributed by atoms with Crippen LogP contribution in [0.25, 0.3) is 32.6 Å². The number of benzene rings is 4. The van der Waals surface area contributed by atoms with E-state index in [1.54, 1.807) is 0 Å². The molecule has 5 nitrogen and oxygen atoms in total. The average Bonchev–Trinajstić information content (AvgIpc) is 2.98. The molecule has 188 valence electrons. The van der Waals surface area contributed by atoms with Gasteiger partial charge in [-0.2, -0.15) is 0 Å². The summed E-state index contributed by atoms with van der Waals surface area (Å²) in [6.45, 7) is 1.13. The first kappa shape index (κ1) is 26.8. The van der Waals surface area contributed by atoms with Gasteiger partial charge in [-0.15, -0.1) is 0 Å². The fraction of sp³-hybridized carbons (Fsp3) is 0.0400. The van der Waals surface area contributed by atoms with Crippen LogP contribution >= 0.6 is 40.9 Å². The first-order valence-electron chi connectivity index (χ1n) is 11.4. The second kappa shape index (κ2) is 14.4. The molecule has 2 unspecified atom stereocenters. The van der Waals surface area contributed by atoms with Gasteiger partial charge in [-0.25, -0.2) is 4.57 Å². The lowest BCUT2D eigenvalue weighted by molar-refractivity contribution is 0.524. The zero-order valence-electron chi connectivity index (χ0n) is 21.3. The fourth-order valence-corrected chi connectivity index (χ4v) is 7.92. The summed E-state index contributed by atoms with van der Waals surface area (Å²) >= 11 is 15.1. The molecule has 5 aromatic rings. The minimum atomic E-state index is -1.88. The second-order valence-corrected chi connectivity index (χ2v) is 14.8. The third-order valence-corrected chi connectivity index (χ3v) is 9.83. The van der Waals surface area contributed by atoms with Gasteiger partial charge in [-0.05, 0) is 59.5 Å². The molecule has 4 aromatic carbocycles. The van der Waals surface area contributed by atoms with Gasteiger partial charge < -0.3 is 14.3 Å². The topological polar surface area (TPSA) is 79.9 Å². The normalized spacial score (nSPS) is 16.2. The van der Waals surface area contributed by atoms with Crippen LogP contribution in [0.3, 0.4) is 0 Å². The maximum Gasteiger partial charge on any atom is 0.427 e. The molecule has 0 aliphatic carbocycles. The van der Waals surface area contributed by atoms with E-state index in [-0.39, 0.29) is 7.58 Å². The smallest absolute Gasteiger partial charge is 0.427 e. The maximum absolute atomic E-state index is 8.86. The quantitative estimate of drug-likeness (QED) is 0.149. The van der Waals surface area contributed by atoms with E-state index < -0.39 is 21.5 Å². The summed E-state index contributed by atoms with van der Waals surface area (Å²) < 4.78 is 32.0. The second-order valence-electron chi connectivity index (χ2n) is 7.46. The minimum Gasteiger partial charge on any atom is -0.462 e. The number of fused-ring (bicyclic) bond motifs is 6. The van der Waals surface area contributed by atoms with Gasteiger partial charge in [0.25, 0.3) is 0 Å². The Balaban J connectivity index is 0.000000170. The van der Waals surface area contributed by atoms with Crippen molar-refractivity contribution < 1.29 is 23.1 Å². The van der Waals surface area contributed by atoms with Gasteiger partial charge >= 0.3 is 15.2 Å². The highest BCUT2D eigenvalue weighted by Gasteiger charge is 2.27. The lowest BCUT2D eigenvalue weighted by atomic mass is 10.0. The molecule has 0 amide bonds. The summed E-state index contributed by atoms with van der Waals surface area (Å²) in [5, 5.41) is 4.71. The van der Waals surface area contributed by atoms with Gasteiger partial charge in [0.15, 0.2) is 5.58 Å². The van der Waals surface area contributed by atoms with Crippen LogP contribution in [0.15, 0.2) is 101 Å². The van der Waals surface area contributed by atoms with Crippen molar-refractivity contribution in [2.24, 2.45) is 0 Å². The Morgan fingerprint density at radius 2 is 1.43 bits per heavy atom. The first-order valence-corrected chi connectivity index (χ1v) is 18.6. The molecule has 0 spiro atoms. The summed E-state index contributed by atoms with van der Waals surface area (Å²) in [6, 6.07) is 32.7. The van der Waals surface area contributed by atoms with E-state index in [0.717, 1.165) is 27.4 Å². The van der Waals surface area contributed by atoms with Gasteiger partial charge in [-0.1, -0.05) is 66.7 Å². The Morgan fingerprint density at radius 1 is 0.865 bits per heavy atom. The minimum absolute atomic E-state index is 0.248. The van der Waals surface area contributed by atoms with Crippen LogP contribution < -0.4 is 9.83 Å². The molecule has 6 rings (SSSR count). The highest BCUT2D eigenvalue weighted by molar-refractivity contribution is 8.15. The van der Waals surface area contributed by atoms with E-state index in [4.69, 9.17) is 39.8 Å². The lowest BCUT2D eigenvalue weighted by Gasteiger charge is -2.28. The fourth-order valence-electron chi connectivity index (χ4n) is 3.83. The number of hydrogen-bond donors (Lipinski definition) is 2. The van der Waals surface area contributed by atoms with E-state index in [9.17, 15) is 0 Å². The van der Waals surface area contributed by atoms with Gasteiger partial charge in [0.05, 0.1) is 0 Å².